The van der Waals surface area contributed by atoms with Gasteiger partial charge >= 0.3 is 0 Å². The Bertz CT molecular complexity index is 10300. The highest BCUT2D eigenvalue weighted by Crippen LogP contribution is 2.52. The number of rotatable bonds is 15. The first kappa shape index (κ1) is 52.3. The van der Waals surface area contributed by atoms with Gasteiger partial charge in [-0.05, 0) is 113 Å². The molecular weight excluding hydrogens is 1620 g/mol. The smallest absolute Gasteiger partial charge is 0.166 e. The minimum absolute atomic E-state index is 0.00777. The zero-order valence-electron chi connectivity index (χ0n) is 99.4. The molecule has 0 saturated carbocycles. The van der Waals surface area contributed by atoms with Crippen molar-refractivity contribution >= 4 is 65.4 Å². The zero-order valence-corrected chi connectivity index (χ0v) is 69.4. The maximum Gasteiger partial charge on any atom is 0.166 e. The molecule has 0 aliphatic heterocycles. The molecule has 0 fully saturated rings. The summed E-state index contributed by atoms with van der Waals surface area (Å²) in [7, 11) is 0. The highest BCUT2D eigenvalue weighted by Gasteiger charge is 2.37. The summed E-state index contributed by atoms with van der Waals surface area (Å²) in [6.45, 7) is 4.48. The third kappa shape index (κ3) is 13.9. The van der Waals surface area contributed by atoms with Crippen molar-refractivity contribution in [2.24, 2.45) is 0 Å². The van der Waals surface area contributed by atoms with Crippen molar-refractivity contribution in [3.8, 4) is 165 Å². The second kappa shape index (κ2) is 32.6. The molecule has 132 heavy (non-hydrogen) atoms. The third-order valence-electron chi connectivity index (χ3n) is 23.3. The van der Waals surface area contributed by atoms with Crippen LogP contribution in [0.3, 0.4) is 0 Å². The van der Waals surface area contributed by atoms with Gasteiger partial charge in [0.2, 0.25) is 0 Å². The summed E-state index contributed by atoms with van der Waals surface area (Å²) < 4.78 is 268. The Labute approximate surface area is 802 Å². The Morgan fingerprint density at radius 1 is 0.189 bits per heavy atom. The topological polar surface area (TPSA) is 169 Å². The van der Waals surface area contributed by atoms with Crippen LogP contribution >= 0.6 is 0 Å². The Morgan fingerprint density at radius 2 is 0.470 bits per heavy atom. The van der Waals surface area contributed by atoms with Crippen LogP contribution < -0.4 is 0 Å². The third-order valence-corrected chi connectivity index (χ3v) is 23.3. The van der Waals surface area contributed by atoms with Gasteiger partial charge in [0, 0.05) is 110 Å². The molecule has 1 aliphatic rings. The quantitative estimate of drug-likeness (QED) is 0.0953. The van der Waals surface area contributed by atoms with Crippen LogP contribution in [0.1, 0.15) is 66.1 Å². The molecule has 620 valence electrons. The van der Waals surface area contributed by atoms with Crippen LogP contribution in [-0.2, 0) is 5.41 Å². The van der Waals surface area contributed by atoms with E-state index >= 15 is 0 Å². The lowest BCUT2D eigenvalue weighted by Gasteiger charge is -2.21. The zero-order chi connectivity index (χ0) is 114. The van der Waals surface area contributed by atoms with Gasteiger partial charge < -0.3 is 13.7 Å². The molecule has 0 saturated heterocycles. The van der Waals surface area contributed by atoms with Gasteiger partial charge in [0.15, 0.2) is 69.9 Å². The van der Waals surface area contributed by atoms with E-state index in [1.165, 1.54) is 17.2 Å². The number of hydrogen-bond acceptors (Lipinski definition) is 12. The van der Waals surface area contributed by atoms with E-state index in [1.54, 1.807) is 30.3 Å². The van der Waals surface area contributed by atoms with Gasteiger partial charge in [-0.15, -0.1) is 0 Å². The lowest BCUT2D eigenvalue weighted by Crippen LogP contribution is -2.14. The van der Waals surface area contributed by atoms with Gasteiger partial charge in [0.25, 0.3) is 0 Å². The van der Waals surface area contributed by atoms with Crippen LogP contribution in [0.4, 0.5) is 0 Å². The molecule has 7 aromatic heterocycles. The maximum atomic E-state index is 9.10. The Hall–Kier alpha value is -17.8. The molecule has 0 unspecified atom stereocenters. The second-order valence-corrected chi connectivity index (χ2v) is 31.3. The van der Waals surface area contributed by atoms with E-state index in [1.807, 2.05) is 174 Å². The fraction of sp³-hybridized carbons (Fsp3) is 0.0256. The summed E-state index contributed by atoms with van der Waals surface area (Å²) in [4.78, 5) is 57.5. The van der Waals surface area contributed by atoms with Gasteiger partial charge in [-0.1, -0.05) is 353 Å². The van der Waals surface area contributed by atoms with Crippen molar-refractivity contribution in [3.63, 3.8) is 0 Å². The standard InChI is InChI=1S/C60H38N8.C57H39N7/c1-6-20-39(21-7-1)55-61-56(40-22-8-2-9-23-40)64-59(63-55)43-34-35-52(49(36-43)60-65-57(41-24-10-3-11-25-41)62-58(66-60)42-26-12-4-13-27-42)68-51-33-19-17-31-46(51)48-37-53-47(38-54(48)68)45-30-16-18-32-50(45)67(53)44-28-14-5-15-29-44;1-57(2)46-29-17-15-27-41(46)43-35-50-44(34-47(43)57)42-28-16-18-30-48(42)64(50)49-32-31-40(55-60-51(36-19-7-3-8-20-36)58-52(61-55)37-21-9-4-10-22-37)33-45(49)56-62-53(38-23-11-5-12-24-38)59-54(63-56)39-25-13-6-14-26-39/h1-38H;3-35H,1-2H3/i1D,2D,3D,4D,6D,7D,8D,9D,10D,11D,12D,13D,20D,21D,22D,23D,24D,25D,26D,27D;3D,5D,7D,8D,11D,12D,19D,20D,23D,24D. The van der Waals surface area contributed by atoms with Crippen LogP contribution in [0.5, 0.6) is 0 Å². The molecule has 0 radical (unpaired) electrons. The molecule has 0 atom stereocenters. The molecule has 0 N–H and O–H groups in total. The number of hydrogen-bond donors (Lipinski definition) is 0. The minimum atomic E-state index is -0.769. The fourth-order valence-corrected chi connectivity index (χ4v) is 17.3. The van der Waals surface area contributed by atoms with Gasteiger partial charge in [0.1, 0.15) is 0 Å². The lowest BCUT2D eigenvalue weighted by molar-refractivity contribution is 0.661. The molecule has 15 heteroatoms. The summed E-state index contributed by atoms with van der Waals surface area (Å²) in [5.41, 5.74) is 10.3. The van der Waals surface area contributed by atoms with Crippen LogP contribution in [0, 0.1) is 0 Å². The van der Waals surface area contributed by atoms with Crippen molar-refractivity contribution in [1.82, 2.24) is 73.5 Å². The van der Waals surface area contributed by atoms with Crippen LogP contribution in [-0.4, -0.2) is 73.5 Å². The molecule has 7 heterocycles. The van der Waals surface area contributed by atoms with E-state index in [-0.39, 0.29) is 80.0 Å². The van der Waals surface area contributed by atoms with Crippen LogP contribution in [0.15, 0.2) is 430 Å². The van der Waals surface area contributed by atoms with Gasteiger partial charge in [-0.25, -0.2) is 59.8 Å². The molecule has 0 amide bonds. The Balaban J connectivity index is 0.000000171. The predicted octanol–water partition coefficient (Wildman–Crippen LogP) is 27.7. The number of benzene rings is 17. The molecule has 17 aromatic carbocycles. The molecule has 1 aliphatic carbocycles. The van der Waals surface area contributed by atoms with Crippen molar-refractivity contribution in [3.05, 3.63) is 441 Å². The molecule has 25 rings (SSSR count). The molecule has 24 aromatic rings. The van der Waals surface area contributed by atoms with E-state index in [2.05, 4.69) is 85.4 Å². The predicted molar refractivity (Wildman–Crippen MR) is 532 cm³/mol. The highest BCUT2D eigenvalue weighted by atomic mass is 15.1. The summed E-state index contributed by atoms with van der Waals surface area (Å²) in [6.07, 6.45) is 0. The number of nitrogens with zero attached hydrogens (tertiary/aromatic N) is 15. The van der Waals surface area contributed by atoms with Gasteiger partial charge in [-0.3, -0.25) is 0 Å². The molecule has 15 nitrogen and oxygen atoms in total. The van der Waals surface area contributed by atoms with E-state index in [4.69, 9.17) is 81.0 Å². The minimum Gasteiger partial charge on any atom is -0.309 e. The normalized spacial score (nSPS) is 15.3. The first-order valence-electron chi connectivity index (χ1n) is 56.7. The first-order valence-corrected chi connectivity index (χ1v) is 41.7. The first-order chi connectivity index (χ1) is 77.6. The average molecular weight is 1720 g/mol. The van der Waals surface area contributed by atoms with Gasteiger partial charge in [0.05, 0.1) is 85.6 Å². The van der Waals surface area contributed by atoms with Crippen molar-refractivity contribution in [2.45, 2.75) is 19.3 Å². The average Bonchev–Trinajstić information content (AvgIpc) is 1.54. The van der Waals surface area contributed by atoms with Crippen molar-refractivity contribution in [1.29, 1.82) is 0 Å². The van der Waals surface area contributed by atoms with Crippen molar-refractivity contribution < 1.29 is 41.1 Å². The Kier molecular flexibility index (Phi) is 12.9. The lowest BCUT2D eigenvalue weighted by atomic mass is 9.82. The Morgan fingerprint density at radius 3 is 0.841 bits per heavy atom. The fourth-order valence-electron chi connectivity index (χ4n) is 17.3. The van der Waals surface area contributed by atoms with E-state index in [0.717, 1.165) is 71.2 Å². The summed E-state index contributed by atoms with van der Waals surface area (Å²) in [5, 5.41) is 5.26. The molecule has 0 spiro atoms. The second-order valence-electron chi connectivity index (χ2n) is 31.3. The van der Waals surface area contributed by atoms with Crippen LogP contribution in [0.2, 0.25) is 0 Å². The highest BCUT2D eigenvalue weighted by molar-refractivity contribution is 6.19. The molecule has 0 bridgehead atoms. The summed E-state index contributed by atoms with van der Waals surface area (Å²) >= 11 is 0. The number of para-hydroxylation sites is 4. The van der Waals surface area contributed by atoms with E-state index in [9.17, 15) is 0 Å². The number of aromatic nitrogens is 15. The SMILES string of the molecule is [2H]c1c([2H])c([2H])c(-c2nc(-c3ccc(-n4c5ccccc5c5cc6c(cc54)c4ccccc4n6-c4ccccc4)c(-c4nc(-c5c([2H])c([2H])c([2H])c([2H])c5[2H])nc(-c5c([2H])c([2H])c([2H])c([2H])c5[2H])n4)c3)nc(-c3c([2H])c([2H])c([2H])c([2H])c3[2H])n2)c([2H])c1[2H].[2H]c1c([2H])c([2H])c(-c2nc(-c3ccccc3)nc(-c3ccc(-n4c5ccccc5c5cc6c(cc54)-c4ccccc4C6(C)C)c(-c4nc(-c5ccccc5)nc(-c5c([2H])c([2H])c([2H])c([2H])c5[2H])n4)c3)n2)c([2H])c1[2H]. The summed E-state index contributed by atoms with van der Waals surface area (Å²) in [6, 6.07) is 58.4. The molecular formula is C117H77N15. The van der Waals surface area contributed by atoms with E-state index in [0.29, 0.717) is 39.0 Å². The van der Waals surface area contributed by atoms with E-state index < -0.39 is 227 Å². The van der Waals surface area contributed by atoms with Crippen molar-refractivity contribution in [2.75, 3.05) is 0 Å². The summed E-state index contributed by atoms with van der Waals surface area (Å²) in [5.74, 6) is -2.82. The van der Waals surface area contributed by atoms with Crippen LogP contribution in [0.25, 0.3) is 230 Å². The number of fused-ring (bicyclic) bond motifs is 12. The maximum absolute atomic E-state index is 9.10. The van der Waals surface area contributed by atoms with Gasteiger partial charge in [-0.2, -0.15) is 0 Å². The largest absolute Gasteiger partial charge is 0.309 e. The monoisotopic (exact) mass is 1720 g/mol.